The third-order valence-corrected chi connectivity index (χ3v) is 5.27. The summed E-state index contributed by atoms with van der Waals surface area (Å²) in [7, 11) is 0. The highest BCUT2D eigenvalue weighted by atomic mass is 16.5. The summed E-state index contributed by atoms with van der Waals surface area (Å²) < 4.78 is 5.84. The zero-order valence-electron chi connectivity index (χ0n) is 14.2. The predicted octanol–water partition coefficient (Wildman–Crippen LogP) is 2.87. The fourth-order valence-corrected chi connectivity index (χ4v) is 4.06. The number of hydrogen-bond donors (Lipinski definition) is 2. The largest absolute Gasteiger partial charge is 0.491 e. The smallest absolute Gasteiger partial charge is 0.228 e. The summed E-state index contributed by atoms with van der Waals surface area (Å²) in [6.07, 6.45) is 4.74. The van der Waals surface area contributed by atoms with Crippen molar-refractivity contribution in [3.05, 3.63) is 29.8 Å². The Hall–Kier alpha value is -1.55. The summed E-state index contributed by atoms with van der Waals surface area (Å²) in [5.41, 5.74) is 0.857. The van der Waals surface area contributed by atoms with Crippen molar-refractivity contribution in [2.24, 2.45) is 11.3 Å². The number of rotatable bonds is 5. The fourth-order valence-electron chi connectivity index (χ4n) is 4.06. The topological polar surface area (TPSA) is 50.4 Å². The first-order valence-corrected chi connectivity index (χ1v) is 8.85. The van der Waals surface area contributed by atoms with Crippen LogP contribution in [0.3, 0.4) is 0 Å². The minimum absolute atomic E-state index is 0.132. The molecule has 0 unspecified atom stereocenters. The van der Waals surface area contributed by atoms with Gasteiger partial charge < -0.3 is 15.4 Å². The molecule has 23 heavy (non-hydrogen) atoms. The van der Waals surface area contributed by atoms with E-state index in [2.05, 4.69) is 10.6 Å². The Balaban J connectivity index is 1.67. The molecule has 1 amide bonds. The van der Waals surface area contributed by atoms with Crippen LogP contribution in [0.25, 0.3) is 0 Å². The van der Waals surface area contributed by atoms with Crippen LogP contribution in [0.1, 0.15) is 45.1 Å². The monoisotopic (exact) mass is 316 g/mol. The number of para-hydroxylation sites is 1. The van der Waals surface area contributed by atoms with E-state index < -0.39 is 0 Å². The Morgan fingerprint density at radius 3 is 3.04 bits per heavy atom. The average molecular weight is 316 g/mol. The molecule has 2 aliphatic rings. The highest BCUT2D eigenvalue weighted by molar-refractivity contribution is 5.84. The SMILES string of the molecule is CC(C)Oc1ccccc1CNC(=O)[C@@]12CCCC[C@H]1CNC2. The Labute approximate surface area is 139 Å². The zero-order valence-corrected chi connectivity index (χ0v) is 14.2. The van der Waals surface area contributed by atoms with E-state index in [0.717, 1.165) is 30.8 Å². The summed E-state index contributed by atoms with van der Waals surface area (Å²) in [6.45, 7) is 6.39. The van der Waals surface area contributed by atoms with E-state index >= 15 is 0 Å². The third kappa shape index (κ3) is 3.37. The van der Waals surface area contributed by atoms with Crippen LogP contribution >= 0.6 is 0 Å². The molecule has 4 heteroatoms. The van der Waals surface area contributed by atoms with Crippen molar-refractivity contribution >= 4 is 5.91 Å². The van der Waals surface area contributed by atoms with E-state index in [1.54, 1.807) is 0 Å². The second-order valence-electron chi connectivity index (χ2n) is 7.19. The van der Waals surface area contributed by atoms with Gasteiger partial charge in [-0.1, -0.05) is 31.0 Å². The maximum atomic E-state index is 12.9. The van der Waals surface area contributed by atoms with Crippen LogP contribution in [0, 0.1) is 11.3 Å². The van der Waals surface area contributed by atoms with E-state index in [-0.39, 0.29) is 17.4 Å². The minimum atomic E-state index is -0.188. The molecule has 0 radical (unpaired) electrons. The molecule has 3 rings (SSSR count). The molecule has 1 aliphatic carbocycles. The van der Waals surface area contributed by atoms with Crippen molar-refractivity contribution in [3.8, 4) is 5.75 Å². The summed E-state index contributed by atoms with van der Waals surface area (Å²) in [5, 5.41) is 6.62. The van der Waals surface area contributed by atoms with Gasteiger partial charge in [-0.25, -0.2) is 0 Å². The Bertz CT molecular complexity index is 558. The van der Waals surface area contributed by atoms with Gasteiger partial charge in [0.1, 0.15) is 5.75 Å². The molecule has 126 valence electrons. The van der Waals surface area contributed by atoms with Gasteiger partial charge in [-0.05, 0) is 45.2 Å². The van der Waals surface area contributed by atoms with Gasteiger partial charge in [0.05, 0.1) is 11.5 Å². The van der Waals surface area contributed by atoms with Gasteiger partial charge in [0.15, 0.2) is 0 Å². The molecule has 1 aromatic rings. The molecule has 2 N–H and O–H groups in total. The highest BCUT2D eigenvalue weighted by Crippen LogP contribution is 2.44. The molecule has 4 nitrogen and oxygen atoms in total. The molecule has 2 atom stereocenters. The van der Waals surface area contributed by atoms with Crippen molar-refractivity contribution < 1.29 is 9.53 Å². The molecular weight excluding hydrogens is 288 g/mol. The maximum absolute atomic E-state index is 12.9. The number of nitrogens with one attached hydrogen (secondary N) is 2. The van der Waals surface area contributed by atoms with Crippen LogP contribution < -0.4 is 15.4 Å². The van der Waals surface area contributed by atoms with E-state index in [1.807, 2.05) is 38.1 Å². The number of ether oxygens (including phenoxy) is 1. The quantitative estimate of drug-likeness (QED) is 0.878. The normalized spacial score (nSPS) is 26.8. The molecule has 1 aromatic carbocycles. The van der Waals surface area contributed by atoms with Crippen molar-refractivity contribution in [2.45, 2.75) is 52.2 Å². The van der Waals surface area contributed by atoms with Crippen LogP contribution in [0.5, 0.6) is 5.75 Å². The number of hydrogen-bond acceptors (Lipinski definition) is 3. The van der Waals surface area contributed by atoms with E-state index in [1.165, 1.54) is 19.3 Å². The molecule has 1 heterocycles. The number of carbonyl (C=O) groups excluding carboxylic acids is 1. The first-order valence-electron chi connectivity index (χ1n) is 8.85. The van der Waals surface area contributed by atoms with Crippen molar-refractivity contribution in [3.63, 3.8) is 0 Å². The lowest BCUT2D eigenvalue weighted by Gasteiger charge is -2.37. The second kappa shape index (κ2) is 6.91. The lowest BCUT2D eigenvalue weighted by Crippen LogP contribution is -2.47. The number of fused-ring (bicyclic) bond motifs is 1. The lowest BCUT2D eigenvalue weighted by atomic mass is 9.67. The molecule has 1 saturated carbocycles. The van der Waals surface area contributed by atoms with E-state index in [0.29, 0.717) is 12.5 Å². The van der Waals surface area contributed by atoms with Crippen molar-refractivity contribution in [2.75, 3.05) is 13.1 Å². The molecule has 2 fully saturated rings. The van der Waals surface area contributed by atoms with Crippen LogP contribution in [0.4, 0.5) is 0 Å². The van der Waals surface area contributed by atoms with E-state index in [9.17, 15) is 4.79 Å². The summed E-state index contributed by atoms with van der Waals surface area (Å²) in [5.74, 6) is 1.58. The van der Waals surface area contributed by atoms with Gasteiger partial charge in [0.2, 0.25) is 5.91 Å². The van der Waals surface area contributed by atoms with Gasteiger partial charge in [-0.3, -0.25) is 4.79 Å². The first-order chi connectivity index (χ1) is 11.1. The van der Waals surface area contributed by atoms with Crippen LogP contribution in [-0.4, -0.2) is 25.1 Å². The van der Waals surface area contributed by atoms with Gasteiger partial charge in [0.25, 0.3) is 0 Å². The second-order valence-corrected chi connectivity index (χ2v) is 7.19. The predicted molar refractivity (Wildman–Crippen MR) is 91.3 cm³/mol. The maximum Gasteiger partial charge on any atom is 0.228 e. The van der Waals surface area contributed by atoms with Crippen LogP contribution in [0.15, 0.2) is 24.3 Å². The van der Waals surface area contributed by atoms with Crippen LogP contribution in [0.2, 0.25) is 0 Å². The Morgan fingerprint density at radius 1 is 1.39 bits per heavy atom. The summed E-state index contributed by atoms with van der Waals surface area (Å²) >= 11 is 0. The average Bonchev–Trinajstić information content (AvgIpc) is 2.98. The number of benzene rings is 1. The van der Waals surface area contributed by atoms with Crippen LogP contribution in [-0.2, 0) is 11.3 Å². The molecular formula is C19H28N2O2. The minimum Gasteiger partial charge on any atom is -0.491 e. The van der Waals surface area contributed by atoms with Gasteiger partial charge >= 0.3 is 0 Å². The molecule has 0 spiro atoms. The van der Waals surface area contributed by atoms with Crippen molar-refractivity contribution in [1.82, 2.24) is 10.6 Å². The lowest BCUT2D eigenvalue weighted by molar-refractivity contribution is -0.134. The zero-order chi connectivity index (χ0) is 16.3. The summed E-state index contributed by atoms with van der Waals surface area (Å²) in [6, 6.07) is 7.97. The van der Waals surface area contributed by atoms with E-state index in [4.69, 9.17) is 4.74 Å². The standard InChI is InChI=1S/C19H28N2O2/c1-14(2)23-17-9-4-3-7-15(17)11-21-18(22)19-10-6-5-8-16(19)12-20-13-19/h3-4,7,9,14,16,20H,5-6,8,10-13H2,1-2H3,(H,21,22)/t16-,19+/m0/s1. The molecule has 1 saturated heterocycles. The first kappa shape index (κ1) is 16.3. The molecule has 1 aliphatic heterocycles. The summed E-state index contributed by atoms with van der Waals surface area (Å²) in [4.78, 5) is 12.9. The van der Waals surface area contributed by atoms with Gasteiger partial charge in [0, 0.05) is 18.7 Å². The number of carbonyl (C=O) groups is 1. The molecule has 0 bridgehead atoms. The Morgan fingerprint density at radius 2 is 2.22 bits per heavy atom. The third-order valence-electron chi connectivity index (χ3n) is 5.27. The highest BCUT2D eigenvalue weighted by Gasteiger charge is 2.49. The van der Waals surface area contributed by atoms with Crippen molar-refractivity contribution in [1.29, 1.82) is 0 Å². The Kier molecular flexibility index (Phi) is 4.90. The molecule has 0 aromatic heterocycles. The number of amides is 1. The fraction of sp³-hybridized carbons (Fsp3) is 0.632. The van der Waals surface area contributed by atoms with Gasteiger partial charge in [-0.15, -0.1) is 0 Å². The van der Waals surface area contributed by atoms with Gasteiger partial charge in [-0.2, -0.15) is 0 Å².